The maximum atomic E-state index is 14.2. The van der Waals surface area contributed by atoms with Crippen LogP contribution in [0.15, 0.2) is 23.1 Å². The molecule has 1 N–H and O–H groups in total. The number of rotatable bonds is 3. The third kappa shape index (κ3) is 2.88. The number of piperidine rings is 1. The van der Waals surface area contributed by atoms with Gasteiger partial charge in [0.05, 0.1) is 6.04 Å². The van der Waals surface area contributed by atoms with Crippen LogP contribution in [0.5, 0.6) is 0 Å². The maximum Gasteiger partial charge on any atom is 0.246 e. The van der Waals surface area contributed by atoms with Gasteiger partial charge in [-0.25, -0.2) is 17.8 Å². The van der Waals surface area contributed by atoms with Gasteiger partial charge in [0, 0.05) is 6.54 Å². The van der Waals surface area contributed by atoms with Gasteiger partial charge in [-0.1, -0.05) is 18.6 Å². The minimum Gasteiger partial charge on any atom is -0.263 e. The van der Waals surface area contributed by atoms with Crippen molar-refractivity contribution in [2.75, 3.05) is 6.54 Å². The predicted octanol–water partition coefficient (Wildman–Crippen LogP) is 2.48. The SMILES string of the molecule is Cc1nc([C@@H]2CCCCN2S(=O)(=O)c2c(C)cccc2F)n[nH]1. The molecule has 0 bridgehead atoms. The van der Waals surface area contributed by atoms with Crippen LogP contribution in [0.2, 0.25) is 0 Å². The van der Waals surface area contributed by atoms with E-state index in [9.17, 15) is 12.8 Å². The molecule has 1 aromatic heterocycles. The molecule has 2 aromatic rings. The van der Waals surface area contributed by atoms with Gasteiger partial charge < -0.3 is 0 Å². The summed E-state index contributed by atoms with van der Waals surface area (Å²) in [6.45, 7) is 3.71. The quantitative estimate of drug-likeness (QED) is 0.932. The highest BCUT2D eigenvalue weighted by atomic mass is 32.2. The molecule has 23 heavy (non-hydrogen) atoms. The van der Waals surface area contributed by atoms with Crippen molar-refractivity contribution in [3.05, 3.63) is 41.2 Å². The lowest BCUT2D eigenvalue weighted by Gasteiger charge is -2.33. The molecule has 3 rings (SSSR count). The van der Waals surface area contributed by atoms with E-state index >= 15 is 0 Å². The number of H-pyrrole nitrogens is 1. The van der Waals surface area contributed by atoms with E-state index in [0.29, 0.717) is 30.2 Å². The number of halogens is 1. The van der Waals surface area contributed by atoms with Gasteiger partial charge in [-0.15, -0.1) is 0 Å². The summed E-state index contributed by atoms with van der Waals surface area (Å²) >= 11 is 0. The molecule has 124 valence electrons. The Labute approximate surface area is 134 Å². The standard InChI is InChI=1S/C15H19FN4O2S/c1-10-6-5-7-12(16)14(10)23(21,22)20-9-4-3-8-13(20)15-17-11(2)18-19-15/h5-7,13H,3-4,8-9H2,1-2H3,(H,17,18,19)/t13-/m0/s1. The Morgan fingerprint density at radius 3 is 2.74 bits per heavy atom. The molecular weight excluding hydrogens is 319 g/mol. The molecule has 1 aromatic carbocycles. The molecule has 1 aliphatic rings. The van der Waals surface area contributed by atoms with Crippen molar-refractivity contribution < 1.29 is 12.8 Å². The van der Waals surface area contributed by atoms with Crippen molar-refractivity contribution >= 4 is 10.0 Å². The van der Waals surface area contributed by atoms with Crippen LogP contribution in [0.4, 0.5) is 4.39 Å². The highest BCUT2D eigenvalue weighted by Gasteiger charge is 2.38. The number of hydrogen-bond acceptors (Lipinski definition) is 4. The van der Waals surface area contributed by atoms with E-state index in [1.807, 2.05) is 0 Å². The third-order valence-electron chi connectivity index (χ3n) is 4.10. The Hall–Kier alpha value is -1.80. The largest absolute Gasteiger partial charge is 0.263 e. The second-order valence-corrected chi connectivity index (χ2v) is 7.62. The van der Waals surface area contributed by atoms with E-state index in [1.165, 1.54) is 16.4 Å². The van der Waals surface area contributed by atoms with Gasteiger partial charge in [0.15, 0.2) is 5.82 Å². The van der Waals surface area contributed by atoms with Gasteiger partial charge in [-0.05, 0) is 38.3 Å². The molecule has 0 saturated carbocycles. The van der Waals surface area contributed by atoms with Gasteiger partial charge in [0.1, 0.15) is 16.5 Å². The number of aromatic amines is 1. The van der Waals surface area contributed by atoms with Crippen molar-refractivity contribution in [1.29, 1.82) is 0 Å². The van der Waals surface area contributed by atoms with Crippen LogP contribution in [0.25, 0.3) is 0 Å². The summed E-state index contributed by atoms with van der Waals surface area (Å²) in [6.07, 6.45) is 2.26. The van der Waals surface area contributed by atoms with Crippen LogP contribution >= 0.6 is 0 Å². The second-order valence-electron chi connectivity index (χ2n) is 5.79. The van der Waals surface area contributed by atoms with E-state index in [1.54, 1.807) is 19.9 Å². The molecule has 1 atom stereocenters. The molecule has 6 nitrogen and oxygen atoms in total. The highest BCUT2D eigenvalue weighted by molar-refractivity contribution is 7.89. The summed E-state index contributed by atoms with van der Waals surface area (Å²) in [7, 11) is -3.95. The van der Waals surface area contributed by atoms with Crippen molar-refractivity contribution in [2.45, 2.75) is 44.0 Å². The lowest BCUT2D eigenvalue weighted by molar-refractivity contribution is 0.246. The van der Waals surface area contributed by atoms with Crippen LogP contribution in [0.1, 0.15) is 42.5 Å². The molecule has 2 heterocycles. The number of aryl methyl sites for hydroxylation is 2. The fraction of sp³-hybridized carbons (Fsp3) is 0.467. The number of hydrogen-bond donors (Lipinski definition) is 1. The zero-order chi connectivity index (χ0) is 16.6. The molecule has 0 radical (unpaired) electrons. The number of benzene rings is 1. The van der Waals surface area contributed by atoms with Crippen LogP contribution in [-0.4, -0.2) is 34.4 Å². The van der Waals surface area contributed by atoms with Gasteiger partial charge in [-0.3, -0.25) is 5.10 Å². The zero-order valence-electron chi connectivity index (χ0n) is 13.1. The molecule has 1 saturated heterocycles. The average molecular weight is 338 g/mol. The summed E-state index contributed by atoms with van der Waals surface area (Å²) in [5.74, 6) is 0.352. The van der Waals surface area contributed by atoms with Crippen molar-refractivity contribution in [3.63, 3.8) is 0 Å². The van der Waals surface area contributed by atoms with Crippen LogP contribution in [0.3, 0.4) is 0 Å². The fourth-order valence-electron chi connectivity index (χ4n) is 3.02. The summed E-state index contributed by atoms with van der Waals surface area (Å²) in [6, 6.07) is 3.83. The van der Waals surface area contributed by atoms with Crippen LogP contribution in [0, 0.1) is 19.7 Å². The maximum absolute atomic E-state index is 14.2. The first kappa shape index (κ1) is 16.1. The third-order valence-corrected chi connectivity index (χ3v) is 6.18. The monoisotopic (exact) mass is 338 g/mol. The number of nitrogens with zero attached hydrogens (tertiary/aromatic N) is 3. The van der Waals surface area contributed by atoms with Gasteiger partial charge in [0.2, 0.25) is 10.0 Å². The van der Waals surface area contributed by atoms with E-state index in [2.05, 4.69) is 15.2 Å². The van der Waals surface area contributed by atoms with Crippen molar-refractivity contribution in [1.82, 2.24) is 19.5 Å². The first-order chi connectivity index (χ1) is 10.9. The molecule has 0 unspecified atom stereocenters. The van der Waals surface area contributed by atoms with Gasteiger partial charge in [-0.2, -0.15) is 9.40 Å². The molecule has 8 heteroatoms. The van der Waals surface area contributed by atoms with E-state index in [-0.39, 0.29) is 4.90 Å². The number of sulfonamides is 1. The van der Waals surface area contributed by atoms with E-state index in [4.69, 9.17) is 0 Å². The molecule has 1 aliphatic heterocycles. The van der Waals surface area contributed by atoms with Gasteiger partial charge in [0.25, 0.3) is 0 Å². The minimum absolute atomic E-state index is 0.251. The smallest absolute Gasteiger partial charge is 0.246 e. The average Bonchev–Trinajstić information content (AvgIpc) is 2.93. The first-order valence-electron chi connectivity index (χ1n) is 7.57. The zero-order valence-corrected chi connectivity index (χ0v) is 13.9. The Kier molecular flexibility index (Phi) is 4.20. The normalized spacial score (nSPS) is 19.9. The molecular formula is C15H19FN4O2S. The molecule has 0 spiro atoms. The summed E-state index contributed by atoms with van der Waals surface area (Å²) in [5.41, 5.74) is 0.403. The predicted molar refractivity (Wildman–Crippen MR) is 82.7 cm³/mol. The Morgan fingerprint density at radius 2 is 2.09 bits per heavy atom. The van der Waals surface area contributed by atoms with Crippen molar-refractivity contribution in [3.8, 4) is 0 Å². The van der Waals surface area contributed by atoms with E-state index < -0.39 is 21.9 Å². The van der Waals surface area contributed by atoms with Crippen LogP contribution in [-0.2, 0) is 10.0 Å². The Balaban J connectivity index is 2.06. The van der Waals surface area contributed by atoms with E-state index in [0.717, 1.165) is 12.8 Å². The summed E-state index contributed by atoms with van der Waals surface area (Å²) in [5, 5.41) is 6.85. The fourth-order valence-corrected chi connectivity index (χ4v) is 4.95. The number of nitrogens with one attached hydrogen (secondary N) is 1. The van der Waals surface area contributed by atoms with Gasteiger partial charge >= 0.3 is 0 Å². The Bertz CT molecular complexity index is 798. The summed E-state index contributed by atoms with van der Waals surface area (Å²) < 4.78 is 41.6. The molecule has 1 fully saturated rings. The highest BCUT2D eigenvalue weighted by Crippen LogP contribution is 2.35. The number of aromatic nitrogens is 3. The first-order valence-corrected chi connectivity index (χ1v) is 9.01. The van der Waals surface area contributed by atoms with Crippen molar-refractivity contribution in [2.24, 2.45) is 0 Å². The van der Waals surface area contributed by atoms with Crippen LogP contribution < -0.4 is 0 Å². The molecule has 0 amide bonds. The lowest BCUT2D eigenvalue weighted by Crippen LogP contribution is -2.39. The second kappa shape index (κ2) is 6.01. The summed E-state index contributed by atoms with van der Waals surface area (Å²) in [4.78, 5) is 4.02. The minimum atomic E-state index is -3.95. The lowest BCUT2D eigenvalue weighted by atomic mass is 10.0. The Morgan fingerprint density at radius 1 is 1.30 bits per heavy atom. The topological polar surface area (TPSA) is 79.0 Å². The molecule has 0 aliphatic carbocycles.